The smallest absolute Gasteiger partial charge is 0.250 e. The highest BCUT2D eigenvalue weighted by molar-refractivity contribution is 6.00. The second-order valence-electron chi connectivity index (χ2n) is 4.32. The molecule has 5 nitrogen and oxygen atoms in total. The van der Waals surface area contributed by atoms with Gasteiger partial charge in [0, 0.05) is 12.6 Å². The van der Waals surface area contributed by atoms with Crippen molar-refractivity contribution in [2.75, 3.05) is 31.7 Å². The van der Waals surface area contributed by atoms with E-state index in [9.17, 15) is 4.79 Å². The maximum atomic E-state index is 11.1. The highest BCUT2D eigenvalue weighted by Crippen LogP contribution is 2.22. The molecule has 1 aromatic carbocycles. The topological polar surface area (TPSA) is 84.4 Å². The Labute approximate surface area is 102 Å². The number of para-hydroxylation sites is 1. The largest absolute Gasteiger partial charge is 0.396 e. The van der Waals surface area contributed by atoms with Crippen LogP contribution < -0.4 is 16.8 Å². The van der Waals surface area contributed by atoms with Crippen LogP contribution in [0.25, 0.3) is 0 Å². The van der Waals surface area contributed by atoms with Gasteiger partial charge in [-0.05, 0) is 33.2 Å². The minimum atomic E-state index is -0.508. The van der Waals surface area contributed by atoms with Crippen LogP contribution in [0.15, 0.2) is 18.2 Å². The summed E-state index contributed by atoms with van der Waals surface area (Å²) in [4.78, 5) is 13.2. The molecule has 0 spiro atoms. The van der Waals surface area contributed by atoms with Gasteiger partial charge in [0.15, 0.2) is 0 Å². The molecule has 5 heteroatoms. The molecule has 0 saturated heterocycles. The lowest BCUT2D eigenvalue weighted by atomic mass is 10.1. The minimum Gasteiger partial charge on any atom is -0.396 e. The number of carbonyl (C=O) groups is 1. The Balaban J connectivity index is 2.79. The van der Waals surface area contributed by atoms with Gasteiger partial charge in [-0.3, -0.25) is 4.79 Å². The number of anilines is 2. The molecule has 1 unspecified atom stereocenters. The lowest BCUT2D eigenvalue weighted by Crippen LogP contribution is -2.31. The summed E-state index contributed by atoms with van der Waals surface area (Å²) in [6, 6.07) is 5.59. The van der Waals surface area contributed by atoms with Gasteiger partial charge in [0.1, 0.15) is 0 Å². The van der Waals surface area contributed by atoms with Crippen LogP contribution in [0, 0.1) is 0 Å². The molecule has 0 heterocycles. The first-order chi connectivity index (χ1) is 7.93. The quantitative estimate of drug-likeness (QED) is 0.658. The van der Waals surface area contributed by atoms with Gasteiger partial charge in [0.25, 0.3) is 5.91 Å². The monoisotopic (exact) mass is 236 g/mol. The zero-order chi connectivity index (χ0) is 13.0. The van der Waals surface area contributed by atoms with Crippen LogP contribution >= 0.6 is 0 Å². The Bertz CT molecular complexity index is 403. The molecule has 0 fully saturated rings. The first-order valence-corrected chi connectivity index (χ1v) is 5.52. The van der Waals surface area contributed by atoms with Crippen molar-refractivity contribution in [3.63, 3.8) is 0 Å². The fourth-order valence-corrected chi connectivity index (χ4v) is 1.37. The number of carbonyl (C=O) groups excluding carboxylic acids is 1. The maximum Gasteiger partial charge on any atom is 0.250 e. The zero-order valence-electron chi connectivity index (χ0n) is 10.5. The lowest BCUT2D eigenvalue weighted by molar-refractivity contribution is 0.100. The predicted octanol–water partition coefficient (Wildman–Crippen LogP) is 0.730. The summed E-state index contributed by atoms with van der Waals surface area (Å²) in [5.41, 5.74) is 12.6. The summed E-state index contributed by atoms with van der Waals surface area (Å²) in [7, 11) is 4.02. The molecular formula is C12H20N4O. The fraction of sp³-hybridized carbons (Fsp3) is 0.417. The number of amides is 1. The van der Waals surface area contributed by atoms with Crippen molar-refractivity contribution in [3.05, 3.63) is 23.8 Å². The van der Waals surface area contributed by atoms with E-state index in [0.717, 1.165) is 12.2 Å². The Hall–Kier alpha value is -1.75. The molecule has 1 amide bonds. The average molecular weight is 236 g/mol. The van der Waals surface area contributed by atoms with Crippen molar-refractivity contribution in [1.82, 2.24) is 4.90 Å². The number of nitrogens with two attached hydrogens (primary N) is 2. The van der Waals surface area contributed by atoms with Gasteiger partial charge in [-0.1, -0.05) is 6.07 Å². The zero-order valence-corrected chi connectivity index (χ0v) is 10.5. The normalized spacial score (nSPS) is 12.5. The van der Waals surface area contributed by atoms with Gasteiger partial charge in [-0.25, -0.2) is 0 Å². The van der Waals surface area contributed by atoms with E-state index in [0.29, 0.717) is 17.3 Å². The van der Waals surface area contributed by atoms with Gasteiger partial charge in [-0.2, -0.15) is 0 Å². The van der Waals surface area contributed by atoms with Gasteiger partial charge in [0.2, 0.25) is 0 Å². The summed E-state index contributed by atoms with van der Waals surface area (Å²) >= 11 is 0. The van der Waals surface area contributed by atoms with Crippen LogP contribution in [0.3, 0.4) is 0 Å². The molecule has 0 aromatic heterocycles. The maximum absolute atomic E-state index is 11.1. The fourth-order valence-electron chi connectivity index (χ4n) is 1.37. The van der Waals surface area contributed by atoms with Gasteiger partial charge in [-0.15, -0.1) is 0 Å². The Morgan fingerprint density at radius 2 is 2.12 bits per heavy atom. The molecule has 1 rings (SSSR count). The van der Waals surface area contributed by atoms with Crippen molar-refractivity contribution in [2.45, 2.75) is 13.0 Å². The van der Waals surface area contributed by atoms with E-state index < -0.39 is 5.91 Å². The third-order valence-corrected chi connectivity index (χ3v) is 2.84. The van der Waals surface area contributed by atoms with Gasteiger partial charge < -0.3 is 21.7 Å². The Morgan fingerprint density at radius 1 is 1.47 bits per heavy atom. The van der Waals surface area contributed by atoms with Crippen molar-refractivity contribution in [3.8, 4) is 0 Å². The molecule has 0 aliphatic carbocycles. The molecule has 1 atom stereocenters. The van der Waals surface area contributed by atoms with E-state index in [2.05, 4.69) is 17.1 Å². The molecule has 0 aliphatic rings. The highest BCUT2D eigenvalue weighted by atomic mass is 16.1. The minimum absolute atomic E-state index is 0.354. The molecule has 0 bridgehead atoms. The van der Waals surface area contributed by atoms with Crippen LogP contribution in [-0.4, -0.2) is 37.5 Å². The van der Waals surface area contributed by atoms with E-state index in [-0.39, 0.29) is 0 Å². The molecule has 1 aromatic rings. The Kier molecular flexibility index (Phi) is 4.34. The van der Waals surface area contributed by atoms with Crippen molar-refractivity contribution in [2.24, 2.45) is 5.73 Å². The predicted molar refractivity (Wildman–Crippen MR) is 71.0 cm³/mol. The van der Waals surface area contributed by atoms with Crippen LogP contribution in [0.1, 0.15) is 17.3 Å². The number of benzene rings is 1. The van der Waals surface area contributed by atoms with E-state index in [4.69, 9.17) is 11.5 Å². The van der Waals surface area contributed by atoms with Crippen LogP contribution in [0.5, 0.6) is 0 Å². The second-order valence-corrected chi connectivity index (χ2v) is 4.32. The second kappa shape index (κ2) is 5.54. The molecule has 17 heavy (non-hydrogen) atoms. The van der Waals surface area contributed by atoms with Crippen molar-refractivity contribution >= 4 is 17.3 Å². The number of rotatable bonds is 5. The first kappa shape index (κ1) is 13.3. The molecule has 0 radical (unpaired) electrons. The number of nitrogen functional groups attached to an aromatic ring is 1. The number of primary amides is 1. The summed E-state index contributed by atoms with van der Waals surface area (Å²) in [6.45, 7) is 2.85. The standard InChI is InChI=1S/C12H20N4O/c1-8(16(2)3)7-15-10-6-4-5-9(11(10)13)12(14)17/h4-6,8,15H,7,13H2,1-3H3,(H2,14,17). The molecule has 94 valence electrons. The Morgan fingerprint density at radius 3 is 2.65 bits per heavy atom. The summed E-state index contributed by atoms with van der Waals surface area (Å²) in [5.74, 6) is -0.508. The van der Waals surface area contributed by atoms with E-state index in [1.54, 1.807) is 12.1 Å². The van der Waals surface area contributed by atoms with E-state index in [1.165, 1.54) is 0 Å². The third-order valence-electron chi connectivity index (χ3n) is 2.84. The molecule has 0 aliphatic heterocycles. The van der Waals surface area contributed by atoms with Crippen LogP contribution in [-0.2, 0) is 0 Å². The summed E-state index contributed by atoms with van der Waals surface area (Å²) in [5, 5.41) is 3.21. The van der Waals surface area contributed by atoms with Crippen molar-refractivity contribution < 1.29 is 4.79 Å². The van der Waals surface area contributed by atoms with E-state index in [1.807, 2.05) is 20.2 Å². The molecule has 5 N–H and O–H groups in total. The SMILES string of the molecule is CC(CNc1cccc(C(N)=O)c1N)N(C)C. The number of likely N-dealkylation sites (N-methyl/N-ethyl adjacent to an activating group) is 1. The van der Waals surface area contributed by atoms with Gasteiger partial charge in [0.05, 0.1) is 16.9 Å². The van der Waals surface area contributed by atoms with Crippen LogP contribution in [0.2, 0.25) is 0 Å². The van der Waals surface area contributed by atoms with Crippen molar-refractivity contribution in [1.29, 1.82) is 0 Å². The highest BCUT2D eigenvalue weighted by Gasteiger charge is 2.10. The number of hydrogen-bond donors (Lipinski definition) is 3. The first-order valence-electron chi connectivity index (χ1n) is 5.52. The number of nitrogens with one attached hydrogen (secondary N) is 1. The van der Waals surface area contributed by atoms with E-state index >= 15 is 0 Å². The average Bonchev–Trinajstić information content (AvgIpc) is 2.26. The summed E-state index contributed by atoms with van der Waals surface area (Å²) in [6.07, 6.45) is 0. The molecular weight excluding hydrogens is 216 g/mol. The number of hydrogen-bond acceptors (Lipinski definition) is 4. The summed E-state index contributed by atoms with van der Waals surface area (Å²) < 4.78 is 0. The number of nitrogens with zero attached hydrogens (tertiary/aromatic N) is 1. The van der Waals surface area contributed by atoms with Crippen LogP contribution in [0.4, 0.5) is 11.4 Å². The van der Waals surface area contributed by atoms with Gasteiger partial charge >= 0.3 is 0 Å². The third kappa shape index (κ3) is 3.35. The molecule has 0 saturated carbocycles. The lowest BCUT2D eigenvalue weighted by Gasteiger charge is -2.21.